The van der Waals surface area contributed by atoms with Crippen LogP contribution >= 0.6 is 11.8 Å². The summed E-state index contributed by atoms with van der Waals surface area (Å²) in [6.07, 6.45) is 14.0. The largest absolute Gasteiger partial charge is 0.508 e. The van der Waals surface area contributed by atoms with Crippen molar-refractivity contribution in [2.45, 2.75) is 120 Å². The Labute approximate surface area is 234 Å². The highest BCUT2D eigenvalue weighted by Gasteiger charge is 2.41. The first-order valence-corrected chi connectivity index (χ1v) is 15.7. The minimum absolute atomic E-state index is 0.0315. The van der Waals surface area contributed by atoms with Crippen molar-refractivity contribution in [1.29, 1.82) is 0 Å². The molecule has 0 fully saturated rings. The van der Waals surface area contributed by atoms with E-state index in [1.54, 1.807) is 12.1 Å². The van der Waals surface area contributed by atoms with E-state index in [0.717, 1.165) is 63.5 Å². The Morgan fingerprint density at radius 1 is 0.895 bits per heavy atom. The SMILES string of the molecule is CCCCCC(C)(CCCCCCCCCC1c2ccc(O)cc2SCC1(C)c1ccc(O)cc1)C(=O)O. The fourth-order valence-corrected chi connectivity index (χ4v) is 7.46. The second-order valence-corrected chi connectivity index (χ2v) is 12.9. The van der Waals surface area contributed by atoms with Crippen molar-refractivity contribution in [1.82, 2.24) is 0 Å². The third-order valence-corrected chi connectivity index (χ3v) is 10.2. The van der Waals surface area contributed by atoms with Crippen LogP contribution in [-0.2, 0) is 10.2 Å². The average molecular weight is 541 g/mol. The van der Waals surface area contributed by atoms with E-state index in [9.17, 15) is 20.1 Å². The van der Waals surface area contributed by atoms with Gasteiger partial charge in [0.05, 0.1) is 5.41 Å². The van der Waals surface area contributed by atoms with E-state index >= 15 is 0 Å². The molecule has 2 aromatic carbocycles. The molecule has 3 N–H and O–H groups in total. The zero-order chi connectivity index (χ0) is 27.6. The van der Waals surface area contributed by atoms with Crippen molar-refractivity contribution in [3.63, 3.8) is 0 Å². The predicted molar refractivity (Wildman–Crippen MR) is 158 cm³/mol. The van der Waals surface area contributed by atoms with E-state index in [-0.39, 0.29) is 5.41 Å². The van der Waals surface area contributed by atoms with Crippen molar-refractivity contribution in [2.24, 2.45) is 5.41 Å². The number of carboxylic acids is 1. The van der Waals surface area contributed by atoms with Crippen molar-refractivity contribution in [2.75, 3.05) is 5.75 Å². The van der Waals surface area contributed by atoms with Crippen LogP contribution in [0.3, 0.4) is 0 Å². The number of hydrogen-bond donors (Lipinski definition) is 3. The van der Waals surface area contributed by atoms with E-state index < -0.39 is 11.4 Å². The summed E-state index contributed by atoms with van der Waals surface area (Å²) in [5.41, 5.74) is 1.99. The Hall–Kier alpha value is -2.14. The minimum atomic E-state index is -0.634. The summed E-state index contributed by atoms with van der Waals surface area (Å²) in [6, 6.07) is 13.5. The fraction of sp³-hybridized carbons (Fsp3) is 0.606. The lowest BCUT2D eigenvalue weighted by atomic mass is 9.68. The van der Waals surface area contributed by atoms with Gasteiger partial charge in [0.25, 0.3) is 0 Å². The summed E-state index contributed by atoms with van der Waals surface area (Å²) in [6.45, 7) is 6.44. The second-order valence-electron chi connectivity index (χ2n) is 11.9. The molecule has 1 aliphatic heterocycles. The van der Waals surface area contributed by atoms with Crippen LogP contribution in [0.5, 0.6) is 11.5 Å². The third-order valence-electron chi connectivity index (χ3n) is 8.77. The van der Waals surface area contributed by atoms with Crippen LogP contribution in [0, 0.1) is 5.41 Å². The monoisotopic (exact) mass is 540 g/mol. The van der Waals surface area contributed by atoms with Gasteiger partial charge in [0.1, 0.15) is 11.5 Å². The second kappa shape index (κ2) is 14.3. The van der Waals surface area contributed by atoms with Crippen molar-refractivity contribution in [3.8, 4) is 11.5 Å². The fourth-order valence-electron chi connectivity index (χ4n) is 6.06. The molecule has 0 radical (unpaired) electrons. The molecule has 1 heterocycles. The summed E-state index contributed by atoms with van der Waals surface area (Å²) >= 11 is 1.82. The van der Waals surface area contributed by atoms with E-state index in [1.807, 2.05) is 30.8 Å². The first kappa shape index (κ1) is 30.4. The van der Waals surface area contributed by atoms with Crippen LogP contribution in [0.25, 0.3) is 0 Å². The molecule has 0 spiro atoms. The molecule has 3 unspecified atom stereocenters. The van der Waals surface area contributed by atoms with Crippen LogP contribution in [0.4, 0.5) is 0 Å². The molecular weight excluding hydrogens is 492 g/mol. The van der Waals surface area contributed by atoms with E-state index in [4.69, 9.17) is 0 Å². The molecule has 0 bridgehead atoms. The molecule has 3 atom stereocenters. The number of aliphatic carboxylic acids is 1. The molecule has 0 aliphatic carbocycles. The number of phenols is 2. The highest BCUT2D eigenvalue weighted by atomic mass is 32.2. The molecule has 0 saturated heterocycles. The number of aromatic hydroxyl groups is 2. The van der Waals surface area contributed by atoms with Gasteiger partial charge in [-0.2, -0.15) is 0 Å². The van der Waals surface area contributed by atoms with Crippen molar-refractivity contribution < 1.29 is 20.1 Å². The number of unbranched alkanes of at least 4 members (excludes halogenated alkanes) is 8. The van der Waals surface area contributed by atoms with Gasteiger partial charge in [-0.15, -0.1) is 11.8 Å². The molecular formula is C33H48O4S. The molecule has 3 rings (SSSR count). The number of hydrogen-bond acceptors (Lipinski definition) is 4. The maximum absolute atomic E-state index is 11.8. The van der Waals surface area contributed by atoms with Gasteiger partial charge in [-0.3, -0.25) is 4.79 Å². The van der Waals surface area contributed by atoms with E-state index in [2.05, 4.69) is 32.0 Å². The van der Waals surface area contributed by atoms with Gasteiger partial charge in [0, 0.05) is 16.1 Å². The van der Waals surface area contributed by atoms with Gasteiger partial charge in [-0.05, 0) is 67.5 Å². The normalized spacial score (nSPS) is 20.6. The summed E-state index contributed by atoms with van der Waals surface area (Å²) in [4.78, 5) is 13.0. The number of carbonyl (C=O) groups is 1. The number of benzene rings is 2. The lowest BCUT2D eigenvalue weighted by Crippen LogP contribution is -2.36. The number of thioether (sulfide) groups is 1. The smallest absolute Gasteiger partial charge is 0.309 e. The molecule has 0 saturated carbocycles. The van der Waals surface area contributed by atoms with Crippen molar-refractivity contribution >= 4 is 17.7 Å². The average Bonchev–Trinajstić information content (AvgIpc) is 2.89. The molecule has 5 heteroatoms. The standard InChI is InChI=1S/C33H48O4S/c1-4-5-12-21-32(2,31(36)37)22-13-10-8-6-7-9-11-14-29-28-20-19-27(35)23-30(28)38-24-33(29,3)25-15-17-26(34)18-16-25/h15-20,23,29,34-35H,4-14,21-22,24H2,1-3H3,(H,36,37). The van der Waals surface area contributed by atoms with Gasteiger partial charge in [0.15, 0.2) is 0 Å². The van der Waals surface area contributed by atoms with Gasteiger partial charge < -0.3 is 15.3 Å². The van der Waals surface area contributed by atoms with E-state index in [0.29, 0.717) is 17.4 Å². The quantitative estimate of drug-likeness (QED) is 0.185. The van der Waals surface area contributed by atoms with Crippen LogP contribution in [0.2, 0.25) is 0 Å². The zero-order valence-electron chi connectivity index (χ0n) is 23.7. The van der Waals surface area contributed by atoms with Gasteiger partial charge in [0.2, 0.25) is 0 Å². The summed E-state index contributed by atoms with van der Waals surface area (Å²) in [5, 5.41) is 29.6. The maximum atomic E-state index is 11.8. The van der Waals surface area contributed by atoms with Gasteiger partial charge in [-0.1, -0.05) is 96.3 Å². The lowest BCUT2D eigenvalue weighted by molar-refractivity contribution is -0.149. The van der Waals surface area contributed by atoms with Crippen LogP contribution in [0.1, 0.15) is 121 Å². The Kier molecular flexibility index (Phi) is 11.4. The molecule has 2 aromatic rings. The van der Waals surface area contributed by atoms with Crippen LogP contribution in [-0.4, -0.2) is 27.0 Å². The molecule has 4 nitrogen and oxygen atoms in total. The summed E-state index contributed by atoms with van der Waals surface area (Å²) in [5.74, 6) is 1.31. The lowest BCUT2D eigenvalue weighted by Gasteiger charge is -2.43. The van der Waals surface area contributed by atoms with Crippen LogP contribution in [0.15, 0.2) is 47.4 Å². The molecule has 210 valence electrons. The summed E-state index contributed by atoms with van der Waals surface area (Å²) in [7, 11) is 0. The number of carboxylic acid groups (broad SMARTS) is 1. The number of rotatable bonds is 16. The van der Waals surface area contributed by atoms with Crippen LogP contribution < -0.4 is 0 Å². The Balaban J connectivity index is 1.47. The first-order valence-electron chi connectivity index (χ1n) is 14.7. The first-order chi connectivity index (χ1) is 18.2. The molecule has 0 amide bonds. The third kappa shape index (κ3) is 7.94. The van der Waals surface area contributed by atoms with Gasteiger partial charge >= 0.3 is 5.97 Å². The van der Waals surface area contributed by atoms with Crippen molar-refractivity contribution in [3.05, 3.63) is 53.6 Å². The summed E-state index contributed by atoms with van der Waals surface area (Å²) < 4.78 is 0. The Morgan fingerprint density at radius 3 is 2.11 bits per heavy atom. The molecule has 38 heavy (non-hydrogen) atoms. The highest BCUT2D eigenvalue weighted by molar-refractivity contribution is 7.99. The minimum Gasteiger partial charge on any atom is -0.508 e. The van der Waals surface area contributed by atoms with Gasteiger partial charge in [-0.25, -0.2) is 0 Å². The highest BCUT2D eigenvalue weighted by Crippen LogP contribution is 2.52. The molecule has 1 aliphatic rings. The Bertz CT molecular complexity index is 1020. The van der Waals surface area contributed by atoms with E-state index in [1.165, 1.54) is 41.7 Å². The zero-order valence-corrected chi connectivity index (χ0v) is 24.5. The molecule has 0 aromatic heterocycles. The predicted octanol–water partition coefficient (Wildman–Crippen LogP) is 9.43. The maximum Gasteiger partial charge on any atom is 0.309 e. The number of phenolic OH excluding ortho intramolecular Hbond substituents is 2. The topological polar surface area (TPSA) is 77.8 Å². The number of fused-ring (bicyclic) bond motifs is 1. The Morgan fingerprint density at radius 2 is 1.47 bits per heavy atom.